The summed E-state index contributed by atoms with van der Waals surface area (Å²) in [6.07, 6.45) is 0.931. The van der Waals surface area contributed by atoms with Gasteiger partial charge in [0.2, 0.25) is 0 Å². The number of nitrogens with zero attached hydrogens (tertiary/aromatic N) is 1. The lowest BCUT2D eigenvalue weighted by atomic mass is 10.4. The van der Waals surface area contributed by atoms with E-state index in [-0.39, 0.29) is 10.2 Å². The molecule has 0 spiro atoms. The summed E-state index contributed by atoms with van der Waals surface area (Å²) in [5, 5.41) is -0.711. The van der Waals surface area contributed by atoms with Crippen LogP contribution in [0.15, 0.2) is 16.7 Å². The Balaban J connectivity index is 3.20. The van der Waals surface area contributed by atoms with Gasteiger partial charge in [0.25, 0.3) is 5.24 Å². The molecule has 0 aliphatic heterocycles. The number of hydrogen-bond acceptors (Lipinski definition) is 2. The molecule has 1 heterocycles. The monoisotopic (exact) mass is 237 g/mol. The molecule has 5 heteroatoms. The summed E-state index contributed by atoms with van der Waals surface area (Å²) in [6.45, 7) is 0. The lowest BCUT2D eigenvalue weighted by molar-refractivity contribution is 0.107. The molecule has 0 aliphatic carbocycles. The maximum atomic E-state index is 12.4. The van der Waals surface area contributed by atoms with Gasteiger partial charge in [-0.3, -0.25) is 4.79 Å². The minimum absolute atomic E-state index is 0.0214. The van der Waals surface area contributed by atoms with E-state index in [0.29, 0.717) is 0 Å². The first-order valence-corrected chi connectivity index (χ1v) is 3.79. The fraction of sp³-hybridized carbons (Fsp3) is 0. The fourth-order valence-corrected chi connectivity index (χ4v) is 1.33. The van der Waals surface area contributed by atoms with Crippen molar-refractivity contribution in [3.63, 3.8) is 0 Å². The van der Waals surface area contributed by atoms with Crippen LogP contribution in [0.1, 0.15) is 10.5 Å². The van der Waals surface area contributed by atoms with Crippen molar-refractivity contribution in [3.8, 4) is 0 Å². The molecular weight excluding hydrogens is 236 g/mol. The van der Waals surface area contributed by atoms with Gasteiger partial charge in [0.05, 0.1) is 10.7 Å². The van der Waals surface area contributed by atoms with Gasteiger partial charge >= 0.3 is 0 Å². The van der Waals surface area contributed by atoms with Crippen molar-refractivity contribution in [2.24, 2.45) is 0 Å². The third-order valence-corrected chi connectivity index (χ3v) is 1.78. The summed E-state index contributed by atoms with van der Waals surface area (Å²) in [6, 6.07) is 1.13. The molecule has 0 N–H and O–H groups in total. The number of hydrogen-bond donors (Lipinski definition) is 0. The van der Waals surface area contributed by atoms with Crippen molar-refractivity contribution in [3.05, 3.63) is 28.2 Å². The minimum atomic E-state index is -0.711. The highest BCUT2D eigenvalue weighted by Gasteiger charge is 2.08. The lowest BCUT2D eigenvalue weighted by Gasteiger charge is -1.95. The Labute approximate surface area is 75.5 Å². The zero-order chi connectivity index (χ0) is 8.43. The second-order valence-corrected chi connectivity index (χ2v) is 2.96. The highest BCUT2D eigenvalue weighted by atomic mass is 79.9. The Kier molecular flexibility index (Phi) is 2.57. The van der Waals surface area contributed by atoms with E-state index in [1.165, 1.54) is 0 Å². The zero-order valence-corrected chi connectivity index (χ0v) is 7.49. The Morgan fingerprint density at radius 2 is 2.36 bits per heavy atom. The number of carbonyl (C=O) groups is 1. The van der Waals surface area contributed by atoms with Crippen molar-refractivity contribution in [2.75, 3.05) is 0 Å². The molecule has 0 saturated carbocycles. The van der Waals surface area contributed by atoms with Crippen molar-refractivity contribution < 1.29 is 9.18 Å². The van der Waals surface area contributed by atoms with Crippen LogP contribution in [-0.2, 0) is 0 Å². The molecule has 1 aromatic heterocycles. The van der Waals surface area contributed by atoms with E-state index in [4.69, 9.17) is 11.6 Å². The van der Waals surface area contributed by atoms with Gasteiger partial charge in [-0.05, 0) is 33.6 Å². The number of pyridine rings is 1. The molecule has 11 heavy (non-hydrogen) atoms. The quantitative estimate of drug-likeness (QED) is 0.703. The maximum Gasteiger partial charge on any atom is 0.271 e. The normalized spacial score (nSPS) is 9.73. The van der Waals surface area contributed by atoms with Gasteiger partial charge in [0.1, 0.15) is 11.5 Å². The van der Waals surface area contributed by atoms with E-state index in [0.717, 1.165) is 12.3 Å². The number of halogens is 3. The Morgan fingerprint density at radius 3 is 2.82 bits per heavy atom. The van der Waals surface area contributed by atoms with Crippen LogP contribution in [0.5, 0.6) is 0 Å². The molecule has 0 aromatic carbocycles. The standard InChI is InChI=1S/C6H2BrClFNO/c7-4-1-3(9)2-10-5(4)6(8)11/h1-2H. The van der Waals surface area contributed by atoms with E-state index in [1.807, 2.05) is 0 Å². The van der Waals surface area contributed by atoms with Crippen LogP contribution in [0.4, 0.5) is 4.39 Å². The van der Waals surface area contributed by atoms with E-state index < -0.39 is 11.1 Å². The lowest BCUT2D eigenvalue weighted by Crippen LogP contribution is -1.95. The highest BCUT2D eigenvalue weighted by Crippen LogP contribution is 2.16. The van der Waals surface area contributed by atoms with Crippen LogP contribution in [0, 0.1) is 5.82 Å². The summed E-state index contributed by atoms with van der Waals surface area (Å²) in [5.74, 6) is -0.515. The van der Waals surface area contributed by atoms with Gasteiger partial charge in [-0.1, -0.05) is 0 Å². The van der Waals surface area contributed by atoms with E-state index in [9.17, 15) is 9.18 Å². The molecule has 58 valence electrons. The molecule has 1 rings (SSSR count). The van der Waals surface area contributed by atoms with Gasteiger partial charge in [-0.15, -0.1) is 0 Å². The molecule has 0 unspecified atom stereocenters. The summed E-state index contributed by atoms with van der Waals surface area (Å²) in [4.78, 5) is 14.0. The summed E-state index contributed by atoms with van der Waals surface area (Å²) >= 11 is 8.05. The third kappa shape index (κ3) is 1.97. The molecule has 0 amide bonds. The first-order chi connectivity index (χ1) is 5.11. The number of carbonyl (C=O) groups excluding carboxylic acids is 1. The van der Waals surface area contributed by atoms with Crippen LogP contribution < -0.4 is 0 Å². The minimum Gasteiger partial charge on any atom is -0.274 e. The van der Waals surface area contributed by atoms with Gasteiger partial charge in [-0.25, -0.2) is 9.37 Å². The van der Waals surface area contributed by atoms with Gasteiger partial charge in [0, 0.05) is 0 Å². The average Bonchev–Trinajstić information content (AvgIpc) is 1.85. The maximum absolute atomic E-state index is 12.4. The van der Waals surface area contributed by atoms with Crippen LogP contribution in [-0.4, -0.2) is 10.2 Å². The van der Waals surface area contributed by atoms with E-state index in [2.05, 4.69) is 20.9 Å². The Bertz CT molecular complexity index is 305. The second kappa shape index (κ2) is 3.28. The van der Waals surface area contributed by atoms with E-state index >= 15 is 0 Å². The van der Waals surface area contributed by atoms with Gasteiger partial charge in [-0.2, -0.15) is 0 Å². The Hall–Kier alpha value is -0.480. The van der Waals surface area contributed by atoms with Gasteiger partial charge < -0.3 is 0 Å². The van der Waals surface area contributed by atoms with Crippen molar-refractivity contribution >= 4 is 32.8 Å². The van der Waals surface area contributed by atoms with E-state index in [1.54, 1.807) is 0 Å². The number of aromatic nitrogens is 1. The van der Waals surface area contributed by atoms with Crippen LogP contribution >= 0.6 is 27.5 Å². The topological polar surface area (TPSA) is 30.0 Å². The van der Waals surface area contributed by atoms with Crippen molar-refractivity contribution in [2.45, 2.75) is 0 Å². The average molecular weight is 238 g/mol. The van der Waals surface area contributed by atoms with Crippen molar-refractivity contribution in [1.82, 2.24) is 4.98 Å². The second-order valence-electron chi connectivity index (χ2n) is 1.76. The molecule has 1 aromatic rings. The summed E-state index contributed by atoms with van der Waals surface area (Å²) in [5.41, 5.74) is 0.0214. The Morgan fingerprint density at radius 1 is 1.73 bits per heavy atom. The highest BCUT2D eigenvalue weighted by molar-refractivity contribution is 9.10. The predicted molar refractivity (Wildman–Crippen MR) is 42.1 cm³/mol. The summed E-state index contributed by atoms with van der Waals surface area (Å²) < 4.78 is 12.6. The van der Waals surface area contributed by atoms with Crippen molar-refractivity contribution in [1.29, 1.82) is 0 Å². The fourth-order valence-electron chi connectivity index (χ4n) is 0.559. The molecule has 0 radical (unpaired) electrons. The molecule has 2 nitrogen and oxygen atoms in total. The number of rotatable bonds is 1. The molecular formula is C6H2BrClFNO. The van der Waals surface area contributed by atoms with Crippen LogP contribution in [0.2, 0.25) is 0 Å². The molecule has 0 aliphatic rings. The predicted octanol–water partition coefficient (Wildman–Crippen LogP) is 2.36. The van der Waals surface area contributed by atoms with Crippen LogP contribution in [0.25, 0.3) is 0 Å². The molecule has 0 bridgehead atoms. The first kappa shape index (κ1) is 8.62. The molecule has 0 saturated heterocycles. The van der Waals surface area contributed by atoms with Crippen LogP contribution in [0.3, 0.4) is 0 Å². The van der Waals surface area contributed by atoms with Gasteiger partial charge in [0.15, 0.2) is 0 Å². The molecule has 0 atom stereocenters. The first-order valence-electron chi connectivity index (χ1n) is 2.62. The largest absolute Gasteiger partial charge is 0.274 e. The zero-order valence-electron chi connectivity index (χ0n) is 5.14. The summed E-state index contributed by atoms with van der Waals surface area (Å²) in [7, 11) is 0. The smallest absolute Gasteiger partial charge is 0.271 e. The third-order valence-electron chi connectivity index (χ3n) is 0.994. The SMILES string of the molecule is O=C(Cl)c1ncc(F)cc1Br. The molecule has 0 fully saturated rings.